The highest BCUT2D eigenvalue weighted by molar-refractivity contribution is 5.78. The second kappa shape index (κ2) is 4.60. The van der Waals surface area contributed by atoms with E-state index < -0.39 is 0 Å². The Kier molecular flexibility index (Phi) is 3.17. The van der Waals surface area contributed by atoms with Crippen molar-refractivity contribution in [1.29, 1.82) is 0 Å². The summed E-state index contributed by atoms with van der Waals surface area (Å²) < 4.78 is 0. The van der Waals surface area contributed by atoms with E-state index in [9.17, 15) is 0 Å². The number of nitrogens with zero attached hydrogens (tertiary/aromatic N) is 1. The normalized spacial score (nSPS) is 13.2. The second-order valence-corrected chi connectivity index (χ2v) is 4.34. The number of nitrogens with one attached hydrogen (secondary N) is 1. The van der Waals surface area contributed by atoms with Crippen molar-refractivity contribution < 1.29 is 0 Å². The maximum Gasteiger partial charge on any atom is 0.0705 e. The van der Waals surface area contributed by atoms with Crippen LogP contribution in [0.5, 0.6) is 0 Å². The Morgan fingerprint density at radius 1 is 1.25 bits per heavy atom. The number of nitrogens with two attached hydrogens (primary N) is 1. The molecule has 2 rings (SSSR count). The van der Waals surface area contributed by atoms with Crippen molar-refractivity contribution in [1.82, 2.24) is 10.4 Å². The van der Waals surface area contributed by atoms with Gasteiger partial charge in [0.2, 0.25) is 0 Å². The number of aromatic nitrogens is 1. The number of hydrogen-bond acceptors (Lipinski definition) is 3. The standard InChI is InChI=1S/C13H17N3/c1-9(2)13(16-14)11-6-5-10-4-3-7-15-12(10)8-11/h3-9,13,16H,14H2,1-2H3. The lowest BCUT2D eigenvalue weighted by Crippen LogP contribution is -2.31. The molecule has 2 aromatic rings. The summed E-state index contributed by atoms with van der Waals surface area (Å²) in [7, 11) is 0. The van der Waals surface area contributed by atoms with Gasteiger partial charge in [0.05, 0.1) is 5.52 Å². The molecule has 3 nitrogen and oxygen atoms in total. The van der Waals surface area contributed by atoms with Gasteiger partial charge >= 0.3 is 0 Å². The van der Waals surface area contributed by atoms with Gasteiger partial charge in [-0.05, 0) is 23.6 Å². The van der Waals surface area contributed by atoms with Gasteiger partial charge in [0, 0.05) is 17.6 Å². The van der Waals surface area contributed by atoms with E-state index in [2.05, 4.69) is 48.5 Å². The summed E-state index contributed by atoms with van der Waals surface area (Å²) in [4.78, 5) is 4.35. The first-order valence-corrected chi connectivity index (χ1v) is 5.53. The molecule has 1 aromatic carbocycles. The maximum absolute atomic E-state index is 5.58. The number of hydrogen-bond donors (Lipinski definition) is 2. The molecular formula is C13H17N3. The van der Waals surface area contributed by atoms with Crippen LogP contribution in [0, 0.1) is 5.92 Å². The van der Waals surface area contributed by atoms with Crippen LogP contribution in [0.1, 0.15) is 25.5 Å². The quantitative estimate of drug-likeness (QED) is 0.610. The molecule has 0 radical (unpaired) electrons. The third-order valence-electron chi connectivity index (χ3n) is 2.84. The highest BCUT2D eigenvalue weighted by Gasteiger charge is 2.13. The first kappa shape index (κ1) is 11.0. The van der Waals surface area contributed by atoms with Crippen LogP contribution in [0.25, 0.3) is 10.9 Å². The summed E-state index contributed by atoms with van der Waals surface area (Å²) in [6.07, 6.45) is 1.81. The highest BCUT2D eigenvalue weighted by atomic mass is 15.2. The molecule has 0 spiro atoms. The minimum atomic E-state index is 0.173. The fraction of sp³-hybridized carbons (Fsp3) is 0.308. The molecule has 0 aliphatic rings. The van der Waals surface area contributed by atoms with Crippen LogP contribution in [0.15, 0.2) is 36.5 Å². The molecule has 0 saturated heterocycles. The lowest BCUT2D eigenvalue weighted by molar-refractivity contribution is 0.421. The van der Waals surface area contributed by atoms with E-state index in [4.69, 9.17) is 5.84 Å². The predicted octanol–water partition coefficient (Wildman–Crippen LogP) is 2.40. The second-order valence-electron chi connectivity index (χ2n) is 4.34. The van der Waals surface area contributed by atoms with Gasteiger partial charge in [0.25, 0.3) is 0 Å². The molecule has 16 heavy (non-hydrogen) atoms. The molecule has 0 saturated carbocycles. The van der Waals surface area contributed by atoms with Gasteiger partial charge in [-0.2, -0.15) is 0 Å². The first-order valence-electron chi connectivity index (χ1n) is 5.53. The number of rotatable bonds is 3. The van der Waals surface area contributed by atoms with Gasteiger partial charge < -0.3 is 0 Å². The van der Waals surface area contributed by atoms with Crippen molar-refractivity contribution in [3.8, 4) is 0 Å². The summed E-state index contributed by atoms with van der Waals surface area (Å²) in [6, 6.07) is 10.5. The van der Waals surface area contributed by atoms with Gasteiger partial charge in [-0.15, -0.1) is 0 Å². The smallest absolute Gasteiger partial charge is 0.0705 e. The zero-order valence-corrected chi connectivity index (χ0v) is 9.64. The van der Waals surface area contributed by atoms with Gasteiger partial charge in [0.15, 0.2) is 0 Å². The van der Waals surface area contributed by atoms with Crippen molar-refractivity contribution in [2.24, 2.45) is 11.8 Å². The molecule has 3 N–H and O–H groups in total. The van der Waals surface area contributed by atoms with Gasteiger partial charge in [-0.1, -0.05) is 32.0 Å². The Morgan fingerprint density at radius 3 is 2.75 bits per heavy atom. The highest BCUT2D eigenvalue weighted by Crippen LogP contribution is 2.23. The summed E-state index contributed by atoms with van der Waals surface area (Å²) in [5, 5.41) is 1.16. The minimum absolute atomic E-state index is 0.173. The molecule has 84 valence electrons. The van der Waals surface area contributed by atoms with Crippen molar-refractivity contribution in [2.45, 2.75) is 19.9 Å². The summed E-state index contributed by atoms with van der Waals surface area (Å²) >= 11 is 0. The SMILES string of the molecule is CC(C)C(NN)c1ccc2cccnc2c1. The number of benzene rings is 1. The average Bonchev–Trinajstić information content (AvgIpc) is 2.29. The predicted molar refractivity (Wildman–Crippen MR) is 66.6 cm³/mol. The van der Waals surface area contributed by atoms with Crippen LogP contribution in [-0.2, 0) is 0 Å². The van der Waals surface area contributed by atoms with Crippen molar-refractivity contribution in [3.63, 3.8) is 0 Å². The van der Waals surface area contributed by atoms with Gasteiger partial charge in [-0.3, -0.25) is 16.3 Å². The molecular weight excluding hydrogens is 198 g/mol. The zero-order chi connectivity index (χ0) is 11.5. The lowest BCUT2D eigenvalue weighted by Gasteiger charge is -2.20. The average molecular weight is 215 g/mol. The molecule has 1 heterocycles. The molecule has 0 bridgehead atoms. The topological polar surface area (TPSA) is 50.9 Å². The van der Waals surface area contributed by atoms with E-state index in [0.717, 1.165) is 10.9 Å². The minimum Gasteiger partial charge on any atom is -0.271 e. The Labute approximate surface area is 95.7 Å². The van der Waals surface area contributed by atoms with Crippen molar-refractivity contribution in [2.75, 3.05) is 0 Å². The molecule has 0 amide bonds. The van der Waals surface area contributed by atoms with E-state index in [1.165, 1.54) is 5.56 Å². The fourth-order valence-electron chi connectivity index (χ4n) is 1.95. The van der Waals surface area contributed by atoms with E-state index in [-0.39, 0.29) is 6.04 Å². The molecule has 3 heteroatoms. The first-order chi connectivity index (χ1) is 7.72. The summed E-state index contributed by atoms with van der Waals surface area (Å²) in [5.41, 5.74) is 5.05. The van der Waals surface area contributed by atoms with Crippen molar-refractivity contribution in [3.05, 3.63) is 42.1 Å². The molecule has 1 unspecified atom stereocenters. The van der Waals surface area contributed by atoms with Gasteiger partial charge in [0.1, 0.15) is 0 Å². The van der Waals surface area contributed by atoms with Crippen molar-refractivity contribution >= 4 is 10.9 Å². The molecule has 1 aromatic heterocycles. The Morgan fingerprint density at radius 2 is 2.06 bits per heavy atom. The van der Waals surface area contributed by atoms with Crippen LogP contribution in [-0.4, -0.2) is 4.98 Å². The molecule has 0 aliphatic carbocycles. The van der Waals surface area contributed by atoms with Crippen LogP contribution in [0.4, 0.5) is 0 Å². The van der Waals surface area contributed by atoms with Crippen LogP contribution < -0.4 is 11.3 Å². The molecule has 0 fully saturated rings. The van der Waals surface area contributed by atoms with E-state index in [1.54, 1.807) is 0 Å². The third kappa shape index (κ3) is 2.05. The van der Waals surface area contributed by atoms with E-state index >= 15 is 0 Å². The van der Waals surface area contributed by atoms with E-state index in [0.29, 0.717) is 5.92 Å². The maximum atomic E-state index is 5.58. The monoisotopic (exact) mass is 215 g/mol. The Bertz CT molecular complexity index is 479. The number of hydrazine groups is 1. The molecule has 1 atom stereocenters. The summed E-state index contributed by atoms with van der Waals surface area (Å²) in [5.74, 6) is 6.03. The third-order valence-corrected chi connectivity index (χ3v) is 2.84. The molecule has 0 aliphatic heterocycles. The lowest BCUT2D eigenvalue weighted by atomic mass is 9.96. The van der Waals surface area contributed by atoms with Crippen LogP contribution in [0.2, 0.25) is 0 Å². The Balaban J connectivity index is 2.45. The zero-order valence-electron chi connectivity index (χ0n) is 9.64. The Hall–Kier alpha value is -1.45. The number of fused-ring (bicyclic) bond motifs is 1. The van der Waals surface area contributed by atoms with Crippen LogP contribution >= 0.6 is 0 Å². The van der Waals surface area contributed by atoms with Gasteiger partial charge in [-0.25, -0.2) is 0 Å². The largest absolute Gasteiger partial charge is 0.271 e. The van der Waals surface area contributed by atoms with E-state index in [1.807, 2.05) is 12.3 Å². The fourth-order valence-corrected chi connectivity index (χ4v) is 1.95. The summed E-state index contributed by atoms with van der Waals surface area (Å²) in [6.45, 7) is 4.29. The van der Waals surface area contributed by atoms with Crippen LogP contribution in [0.3, 0.4) is 0 Å². The number of pyridine rings is 1.